The second-order valence-corrected chi connectivity index (χ2v) is 5.76. The fourth-order valence-electron chi connectivity index (χ4n) is 2.63. The summed E-state index contributed by atoms with van der Waals surface area (Å²) in [6, 6.07) is 19.0. The minimum absolute atomic E-state index is 0.283. The van der Waals surface area contributed by atoms with Crippen LogP contribution in [0.25, 0.3) is 22.3 Å². The van der Waals surface area contributed by atoms with Gasteiger partial charge in [-0.05, 0) is 24.6 Å². The zero-order chi connectivity index (χ0) is 17.9. The first-order chi connectivity index (χ1) is 12.7. The van der Waals surface area contributed by atoms with Crippen molar-refractivity contribution in [1.29, 1.82) is 0 Å². The van der Waals surface area contributed by atoms with E-state index >= 15 is 0 Å². The zero-order valence-corrected chi connectivity index (χ0v) is 14.0. The van der Waals surface area contributed by atoms with Crippen LogP contribution in [0.2, 0.25) is 0 Å². The molecular formula is C19H16N6O. The number of nitrogens with one attached hydrogen (secondary N) is 3. The highest BCUT2D eigenvalue weighted by Crippen LogP contribution is 2.19. The van der Waals surface area contributed by atoms with E-state index in [1.54, 1.807) is 13.0 Å². The largest absolute Gasteiger partial charge is 0.297 e. The molecule has 3 N–H and O–H groups in total. The van der Waals surface area contributed by atoms with Crippen molar-refractivity contribution in [3.8, 4) is 11.3 Å². The molecule has 7 nitrogen and oxygen atoms in total. The number of H-pyrrole nitrogens is 1. The number of nitrogens with zero attached hydrogens (tertiary/aromatic N) is 3. The van der Waals surface area contributed by atoms with Gasteiger partial charge in [0.05, 0.1) is 22.4 Å². The molecule has 0 radical (unpaired) electrons. The molecule has 0 saturated heterocycles. The van der Waals surface area contributed by atoms with Crippen molar-refractivity contribution in [1.82, 2.24) is 20.2 Å². The van der Waals surface area contributed by atoms with E-state index in [0.29, 0.717) is 22.5 Å². The number of rotatable bonds is 4. The highest BCUT2D eigenvalue weighted by molar-refractivity contribution is 5.74. The molecule has 4 rings (SSSR count). The maximum atomic E-state index is 12.4. The summed E-state index contributed by atoms with van der Waals surface area (Å²) in [5.41, 5.74) is 9.38. The lowest BCUT2D eigenvalue weighted by Crippen LogP contribution is -2.18. The van der Waals surface area contributed by atoms with Gasteiger partial charge in [-0.3, -0.25) is 20.7 Å². The highest BCUT2D eigenvalue weighted by atomic mass is 16.1. The summed E-state index contributed by atoms with van der Waals surface area (Å²) < 4.78 is 0. The van der Waals surface area contributed by atoms with Crippen LogP contribution in [0.1, 0.15) is 5.69 Å². The van der Waals surface area contributed by atoms with E-state index in [-0.39, 0.29) is 11.2 Å². The number of para-hydroxylation sites is 2. The van der Waals surface area contributed by atoms with Crippen LogP contribution < -0.4 is 16.4 Å². The molecule has 2 aromatic heterocycles. The summed E-state index contributed by atoms with van der Waals surface area (Å²) in [4.78, 5) is 21.0. The Morgan fingerprint density at radius 3 is 2.35 bits per heavy atom. The number of hydrazine groups is 1. The maximum Gasteiger partial charge on any atom is 0.297 e. The third-order valence-electron chi connectivity index (χ3n) is 3.95. The van der Waals surface area contributed by atoms with Crippen LogP contribution in [0.4, 0.5) is 11.5 Å². The third-order valence-corrected chi connectivity index (χ3v) is 3.95. The minimum Gasteiger partial charge on any atom is -0.293 e. The molecule has 0 bridgehead atoms. The lowest BCUT2D eigenvalue weighted by atomic mass is 10.2. The summed E-state index contributed by atoms with van der Waals surface area (Å²) in [6.07, 6.45) is 0. The van der Waals surface area contributed by atoms with Crippen LogP contribution in [0, 0.1) is 6.92 Å². The van der Waals surface area contributed by atoms with Crippen LogP contribution >= 0.6 is 0 Å². The Labute approximate surface area is 149 Å². The Morgan fingerprint density at radius 2 is 1.58 bits per heavy atom. The van der Waals surface area contributed by atoms with Gasteiger partial charge in [0.2, 0.25) is 0 Å². The number of fused-ring (bicyclic) bond motifs is 1. The fourth-order valence-corrected chi connectivity index (χ4v) is 2.63. The molecule has 0 aliphatic rings. The van der Waals surface area contributed by atoms with Gasteiger partial charge in [-0.1, -0.05) is 42.5 Å². The average Bonchev–Trinajstić information content (AvgIpc) is 3.09. The van der Waals surface area contributed by atoms with Crippen LogP contribution in [0.3, 0.4) is 0 Å². The molecule has 0 amide bonds. The van der Waals surface area contributed by atoms with Gasteiger partial charge in [-0.25, -0.2) is 9.97 Å². The average molecular weight is 344 g/mol. The quantitative estimate of drug-likeness (QED) is 0.492. The molecule has 0 fully saturated rings. The van der Waals surface area contributed by atoms with E-state index in [9.17, 15) is 4.79 Å². The smallest absolute Gasteiger partial charge is 0.293 e. The van der Waals surface area contributed by atoms with Crippen molar-refractivity contribution in [3.63, 3.8) is 0 Å². The SMILES string of the molecule is Cc1nc2ccccc2nc(=O)c1NNc1cc(-c2ccccc2)[nH]n1. The maximum absolute atomic E-state index is 12.4. The summed E-state index contributed by atoms with van der Waals surface area (Å²) in [7, 11) is 0. The van der Waals surface area contributed by atoms with Crippen molar-refractivity contribution in [2.24, 2.45) is 0 Å². The molecule has 26 heavy (non-hydrogen) atoms. The van der Waals surface area contributed by atoms with Gasteiger partial charge in [0.25, 0.3) is 5.56 Å². The molecule has 4 aromatic rings. The summed E-state index contributed by atoms with van der Waals surface area (Å²) in [5, 5.41) is 7.15. The van der Waals surface area contributed by atoms with Gasteiger partial charge in [0.1, 0.15) is 5.69 Å². The van der Waals surface area contributed by atoms with E-state index < -0.39 is 0 Å². The number of hydrogen-bond donors (Lipinski definition) is 3. The fraction of sp³-hybridized carbons (Fsp3) is 0.0526. The predicted octanol–water partition coefficient (Wildman–Crippen LogP) is 3.13. The van der Waals surface area contributed by atoms with Crippen LogP contribution in [0.5, 0.6) is 0 Å². The Morgan fingerprint density at radius 1 is 0.885 bits per heavy atom. The lowest BCUT2D eigenvalue weighted by molar-refractivity contribution is 1.09. The second-order valence-electron chi connectivity index (χ2n) is 5.76. The van der Waals surface area contributed by atoms with E-state index in [0.717, 1.165) is 11.3 Å². The van der Waals surface area contributed by atoms with Crippen LogP contribution in [-0.2, 0) is 0 Å². The zero-order valence-electron chi connectivity index (χ0n) is 14.0. The number of anilines is 2. The number of aryl methyl sites for hydroxylation is 1. The first-order valence-electron chi connectivity index (χ1n) is 8.11. The van der Waals surface area contributed by atoms with Gasteiger partial charge < -0.3 is 0 Å². The number of aromatic amines is 1. The normalized spacial score (nSPS) is 10.7. The summed E-state index contributed by atoms with van der Waals surface area (Å²) in [6.45, 7) is 1.76. The van der Waals surface area contributed by atoms with Crippen LogP contribution in [-0.4, -0.2) is 20.2 Å². The van der Waals surface area contributed by atoms with Crippen molar-refractivity contribution < 1.29 is 0 Å². The molecule has 0 spiro atoms. The van der Waals surface area contributed by atoms with Gasteiger partial charge in [0, 0.05) is 6.07 Å². The lowest BCUT2D eigenvalue weighted by Gasteiger charge is -2.05. The van der Waals surface area contributed by atoms with E-state index in [1.807, 2.05) is 54.6 Å². The van der Waals surface area contributed by atoms with E-state index in [4.69, 9.17) is 0 Å². The molecule has 0 unspecified atom stereocenters. The standard InChI is InChI=1S/C19H16N6O/c1-12-18(19(26)21-15-10-6-5-9-14(15)20-12)25-24-17-11-16(22-23-17)13-7-3-2-4-8-13/h2-11H,1H3,(H,21,25,26)(H2,22,23,24). The van der Waals surface area contributed by atoms with Gasteiger partial charge >= 0.3 is 0 Å². The molecule has 2 aromatic carbocycles. The first kappa shape index (κ1) is 15.8. The Bertz CT molecular complexity index is 1120. The Hall–Kier alpha value is -3.74. The number of aromatic nitrogens is 4. The third kappa shape index (κ3) is 3.10. The number of benzene rings is 2. The van der Waals surface area contributed by atoms with Crippen LogP contribution in [0.15, 0.2) is 65.5 Å². The molecule has 0 atom stereocenters. The molecule has 128 valence electrons. The molecule has 2 heterocycles. The Kier molecular flexibility index (Phi) is 4.03. The summed E-state index contributed by atoms with van der Waals surface area (Å²) >= 11 is 0. The topological polar surface area (TPSA) is 95.6 Å². The van der Waals surface area contributed by atoms with Crippen molar-refractivity contribution >= 4 is 22.5 Å². The monoisotopic (exact) mass is 344 g/mol. The predicted molar refractivity (Wildman–Crippen MR) is 102 cm³/mol. The minimum atomic E-state index is -0.387. The van der Waals surface area contributed by atoms with E-state index in [1.165, 1.54) is 0 Å². The second kappa shape index (κ2) is 6.64. The van der Waals surface area contributed by atoms with Gasteiger partial charge in [-0.2, -0.15) is 5.10 Å². The van der Waals surface area contributed by atoms with Crippen molar-refractivity contribution in [2.45, 2.75) is 6.92 Å². The highest BCUT2D eigenvalue weighted by Gasteiger charge is 2.08. The molecular weight excluding hydrogens is 328 g/mol. The van der Waals surface area contributed by atoms with Gasteiger partial charge in [-0.15, -0.1) is 0 Å². The molecule has 0 aliphatic heterocycles. The molecule has 0 saturated carbocycles. The summed E-state index contributed by atoms with van der Waals surface area (Å²) in [5.74, 6) is 0.554. The van der Waals surface area contributed by atoms with Gasteiger partial charge in [0.15, 0.2) is 5.82 Å². The number of hydrogen-bond acceptors (Lipinski definition) is 6. The molecule has 7 heteroatoms. The molecule has 0 aliphatic carbocycles. The van der Waals surface area contributed by atoms with Crippen molar-refractivity contribution in [3.05, 3.63) is 76.7 Å². The van der Waals surface area contributed by atoms with Crippen molar-refractivity contribution in [2.75, 3.05) is 10.9 Å². The Balaban J connectivity index is 1.61. The first-order valence-corrected chi connectivity index (χ1v) is 8.11. The van der Waals surface area contributed by atoms with E-state index in [2.05, 4.69) is 31.0 Å².